The Morgan fingerprint density at radius 1 is 1.35 bits per heavy atom. The van der Waals surface area contributed by atoms with Crippen LogP contribution in [0, 0.1) is 0 Å². The van der Waals surface area contributed by atoms with Crippen molar-refractivity contribution in [3.63, 3.8) is 0 Å². The van der Waals surface area contributed by atoms with Crippen LogP contribution in [0.5, 0.6) is 0 Å². The van der Waals surface area contributed by atoms with Gasteiger partial charge in [0.1, 0.15) is 0 Å². The molecule has 0 aliphatic carbocycles. The van der Waals surface area contributed by atoms with E-state index >= 15 is 0 Å². The number of hydrogen-bond donors (Lipinski definition) is 0. The van der Waals surface area contributed by atoms with Gasteiger partial charge < -0.3 is 9.47 Å². The summed E-state index contributed by atoms with van der Waals surface area (Å²) in [5.74, 6) is 0.463. The van der Waals surface area contributed by atoms with Crippen LogP contribution in [0.2, 0.25) is 0 Å². The van der Waals surface area contributed by atoms with Gasteiger partial charge in [-0.3, -0.25) is 9.59 Å². The lowest BCUT2D eigenvalue weighted by Crippen LogP contribution is -2.35. The van der Waals surface area contributed by atoms with Crippen molar-refractivity contribution >= 4 is 29.1 Å². The van der Waals surface area contributed by atoms with Crippen molar-refractivity contribution in [1.82, 2.24) is 9.47 Å². The van der Waals surface area contributed by atoms with E-state index < -0.39 is 0 Å². The zero-order valence-electron chi connectivity index (χ0n) is 9.53. The van der Waals surface area contributed by atoms with Crippen molar-refractivity contribution < 1.29 is 4.79 Å². The molecule has 1 heterocycles. The molecular weight excluding hydrogens is 263 g/mol. The Morgan fingerprint density at radius 2 is 1.94 bits per heavy atom. The summed E-state index contributed by atoms with van der Waals surface area (Å²) in [6, 6.07) is 2.93. The number of aryl methyl sites for hydroxylation is 1. The molecule has 4 nitrogen and oxygen atoms in total. The number of rotatable bonds is 5. The maximum absolute atomic E-state index is 12.0. The van der Waals surface area contributed by atoms with Crippen LogP contribution in [0.3, 0.4) is 0 Å². The highest BCUT2D eigenvalue weighted by Gasteiger charge is 2.15. The molecular formula is C11H14Cl2N2O2. The van der Waals surface area contributed by atoms with E-state index in [1.165, 1.54) is 15.5 Å². The molecule has 0 unspecified atom stereocenters. The average Bonchev–Trinajstić information content (AvgIpc) is 2.31. The molecule has 0 saturated heterocycles. The fourth-order valence-electron chi connectivity index (χ4n) is 1.38. The summed E-state index contributed by atoms with van der Waals surface area (Å²) in [6.45, 7) is 0.838. The van der Waals surface area contributed by atoms with Gasteiger partial charge in [0.05, 0.1) is 0 Å². The second-order valence-corrected chi connectivity index (χ2v) is 4.29. The van der Waals surface area contributed by atoms with E-state index in [9.17, 15) is 9.59 Å². The normalized spacial score (nSPS) is 10.3. The Morgan fingerprint density at radius 3 is 2.41 bits per heavy atom. The second-order valence-electron chi connectivity index (χ2n) is 3.53. The van der Waals surface area contributed by atoms with Gasteiger partial charge in [0.25, 0.3) is 11.5 Å². The zero-order valence-corrected chi connectivity index (χ0v) is 11.0. The Bertz CT molecular complexity index is 439. The Balaban J connectivity index is 2.92. The number of amides is 1. The van der Waals surface area contributed by atoms with Crippen molar-refractivity contribution in [3.05, 3.63) is 34.2 Å². The van der Waals surface area contributed by atoms with Crippen molar-refractivity contribution in [1.29, 1.82) is 0 Å². The smallest absolute Gasteiger partial charge is 0.254 e. The summed E-state index contributed by atoms with van der Waals surface area (Å²) < 4.78 is 1.41. The lowest BCUT2D eigenvalue weighted by atomic mass is 10.2. The van der Waals surface area contributed by atoms with Crippen molar-refractivity contribution in [2.24, 2.45) is 7.05 Å². The van der Waals surface area contributed by atoms with Crippen LogP contribution in [0.4, 0.5) is 0 Å². The summed E-state index contributed by atoms with van der Waals surface area (Å²) in [5, 5.41) is 0. The van der Waals surface area contributed by atoms with E-state index in [1.807, 2.05) is 0 Å². The van der Waals surface area contributed by atoms with Crippen LogP contribution in [0.15, 0.2) is 23.1 Å². The van der Waals surface area contributed by atoms with Gasteiger partial charge in [0.15, 0.2) is 0 Å². The number of carbonyl (C=O) groups is 1. The first-order valence-electron chi connectivity index (χ1n) is 5.18. The van der Waals surface area contributed by atoms with Crippen LogP contribution in [-0.4, -0.2) is 40.2 Å². The fourth-order valence-corrected chi connectivity index (χ4v) is 1.79. The molecule has 0 spiro atoms. The summed E-state index contributed by atoms with van der Waals surface area (Å²) in [4.78, 5) is 25.0. The van der Waals surface area contributed by atoms with E-state index in [0.29, 0.717) is 30.4 Å². The van der Waals surface area contributed by atoms with Gasteiger partial charge in [-0.2, -0.15) is 0 Å². The highest BCUT2D eigenvalue weighted by atomic mass is 35.5. The largest absolute Gasteiger partial charge is 0.336 e. The number of alkyl halides is 2. The molecule has 17 heavy (non-hydrogen) atoms. The minimum absolute atomic E-state index is 0.215. The summed E-state index contributed by atoms with van der Waals surface area (Å²) in [5.41, 5.74) is 0.149. The second kappa shape index (κ2) is 6.67. The van der Waals surface area contributed by atoms with Gasteiger partial charge in [-0.15, -0.1) is 23.2 Å². The number of carbonyl (C=O) groups excluding carboxylic acids is 1. The highest BCUT2D eigenvalue weighted by molar-refractivity contribution is 6.18. The predicted octanol–water partition coefficient (Wildman–Crippen LogP) is 1.31. The molecule has 0 fully saturated rings. The summed E-state index contributed by atoms with van der Waals surface area (Å²) in [6.07, 6.45) is 1.56. The molecule has 0 atom stereocenters. The lowest BCUT2D eigenvalue weighted by molar-refractivity contribution is 0.0774. The Labute approximate surface area is 110 Å². The summed E-state index contributed by atoms with van der Waals surface area (Å²) >= 11 is 11.2. The third kappa shape index (κ3) is 3.75. The summed E-state index contributed by atoms with van der Waals surface area (Å²) in [7, 11) is 1.63. The molecule has 0 aliphatic rings. The molecule has 0 saturated carbocycles. The first-order chi connectivity index (χ1) is 8.10. The Kier molecular flexibility index (Phi) is 5.51. The van der Waals surface area contributed by atoms with Crippen LogP contribution >= 0.6 is 23.2 Å². The van der Waals surface area contributed by atoms with Gasteiger partial charge in [0.2, 0.25) is 0 Å². The van der Waals surface area contributed by atoms with Gasteiger partial charge in [-0.1, -0.05) is 0 Å². The van der Waals surface area contributed by atoms with E-state index in [4.69, 9.17) is 23.2 Å². The quantitative estimate of drug-likeness (QED) is 0.761. The van der Waals surface area contributed by atoms with Gasteiger partial charge in [-0.25, -0.2) is 0 Å². The molecule has 0 radical (unpaired) electrons. The first-order valence-corrected chi connectivity index (χ1v) is 6.25. The fraction of sp³-hybridized carbons (Fsp3) is 0.455. The molecule has 1 aromatic rings. The molecule has 0 bridgehead atoms. The van der Waals surface area contributed by atoms with Gasteiger partial charge >= 0.3 is 0 Å². The van der Waals surface area contributed by atoms with Crippen molar-refractivity contribution in [2.45, 2.75) is 0 Å². The molecule has 0 N–H and O–H groups in total. The monoisotopic (exact) mass is 276 g/mol. The molecule has 1 amide bonds. The van der Waals surface area contributed by atoms with E-state index in [1.54, 1.807) is 19.3 Å². The molecule has 1 rings (SSSR count). The number of pyridine rings is 1. The lowest BCUT2D eigenvalue weighted by Gasteiger charge is -2.20. The maximum Gasteiger partial charge on any atom is 0.254 e. The number of aromatic nitrogens is 1. The number of hydrogen-bond acceptors (Lipinski definition) is 2. The van der Waals surface area contributed by atoms with Crippen molar-refractivity contribution in [2.75, 3.05) is 24.8 Å². The van der Waals surface area contributed by atoms with E-state index in [2.05, 4.69) is 0 Å². The molecule has 94 valence electrons. The third-order valence-corrected chi connectivity index (χ3v) is 2.69. The highest BCUT2D eigenvalue weighted by Crippen LogP contribution is 2.03. The van der Waals surface area contributed by atoms with E-state index in [0.717, 1.165) is 0 Å². The molecule has 0 aliphatic heterocycles. The van der Waals surface area contributed by atoms with Crippen LogP contribution in [0.1, 0.15) is 10.4 Å². The SMILES string of the molecule is Cn1ccc(C(=O)N(CCCl)CCCl)cc1=O. The van der Waals surface area contributed by atoms with Crippen LogP contribution in [0.25, 0.3) is 0 Å². The maximum atomic E-state index is 12.0. The third-order valence-electron chi connectivity index (χ3n) is 2.35. The average molecular weight is 277 g/mol. The molecule has 0 aromatic carbocycles. The minimum atomic E-state index is -0.219. The molecule has 6 heteroatoms. The standard InChI is InChI=1S/C11H14Cl2N2O2/c1-14-5-2-9(8-10(14)16)11(17)15(6-3-12)7-4-13/h2,5,8H,3-4,6-7H2,1H3. The molecule has 1 aromatic heterocycles. The predicted molar refractivity (Wildman–Crippen MR) is 69.0 cm³/mol. The van der Waals surface area contributed by atoms with Gasteiger partial charge in [0, 0.05) is 49.7 Å². The minimum Gasteiger partial charge on any atom is -0.336 e. The first kappa shape index (κ1) is 14.1. The topological polar surface area (TPSA) is 42.3 Å². The Hall–Kier alpha value is -1.00. The van der Waals surface area contributed by atoms with Crippen molar-refractivity contribution in [3.8, 4) is 0 Å². The van der Waals surface area contributed by atoms with Gasteiger partial charge in [-0.05, 0) is 6.07 Å². The number of nitrogens with zero attached hydrogens (tertiary/aromatic N) is 2. The van der Waals surface area contributed by atoms with E-state index in [-0.39, 0.29) is 11.5 Å². The number of halogens is 2. The van der Waals surface area contributed by atoms with Crippen LogP contribution < -0.4 is 5.56 Å². The zero-order chi connectivity index (χ0) is 12.8. The van der Waals surface area contributed by atoms with Crippen LogP contribution in [-0.2, 0) is 7.05 Å².